The van der Waals surface area contributed by atoms with Crippen molar-refractivity contribution in [1.29, 1.82) is 0 Å². The van der Waals surface area contributed by atoms with Gasteiger partial charge in [-0.25, -0.2) is 4.79 Å². The third-order valence-electron chi connectivity index (χ3n) is 1.05. The van der Waals surface area contributed by atoms with Crippen LogP contribution in [0.2, 0.25) is 0 Å². The number of carbonyl (C=O) groups is 1. The lowest BCUT2D eigenvalue weighted by Crippen LogP contribution is -2.13. The Kier molecular flexibility index (Phi) is 1.63. The molecule has 0 saturated heterocycles. The summed E-state index contributed by atoms with van der Waals surface area (Å²) in [6.45, 7) is 0. The highest BCUT2D eigenvalue weighted by Gasteiger charge is 2.05. The Morgan fingerprint density at radius 3 is 2.64 bits per heavy atom. The second kappa shape index (κ2) is 2.45. The second-order valence-corrected chi connectivity index (χ2v) is 1.84. The molecule has 0 bridgehead atoms. The van der Waals surface area contributed by atoms with Crippen LogP contribution in [-0.2, 0) is 0 Å². The molecule has 5 nitrogen and oxygen atoms in total. The lowest BCUT2D eigenvalue weighted by atomic mass is 10.4. The zero-order valence-corrected chi connectivity index (χ0v) is 5.40. The first kappa shape index (κ1) is 7.33. The maximum absolute atomic E-state index is 10.5. The fraction of sp³-hybridized carbons (Fsp3) is 0. The van der Waals surface area contributed by atoms with Gasteiger partial charge in [-0.15, -0.1) is 0 Å². The van der Waals surface area contributed by atoms with Crippen molar-refractivity contribution in [1.82, 2.24) is 0 Å². The van der Waals surface area contributed by atoms with Crippen LogP contribution in [0.15, 0.2) is 21.3 Å². The third kappa shape index (κ3) is 1.37. The van der Waals surface area contributed by atoms with E-state index in [9.17, 15) is 9.59 Å². The van der Waals surface area contributed by atoms with Gasteiger partial charge in [0.25, 0.3) is 5.91 Å². The number of aromatic hydroxyl groups is 1. The van der Waals surface area contributed by atoms with Crippen molar-refractivity contribution in [2.45, 2.75) is 0 Å². The summed E-state index contributed by atoms with van der Waals surface area (Å²) in [5.41, 5.74) is 3.81. The predicted molar refractivity (Wildman–Crippen MR) is 35.2 cm³/mol. The van der Waals surface area contributed by atoms with Crippen molar-refractivity contribution < 1.29 is 14.3 Å². The van der Waals surface area contributed by atoms with Crippen LogP contribution in [0.5, 0.6) is 5.75 Å². The molecule has 1 aromatic rings. The van der Waals surface area contributed by atoms with E-state index < -0.39 is 17.3 Å². The highest BCUT2D eigenvalue weighted by Crippen LogP contribution is 2.01. The topological polar surface area (TPSA) is 93.5 Å². The van der Waals surface area contributed by atoms with Crippen LogP contribution in [0.4, 0.5) is 0 Å². The SMILES string of the molecule is NC(=O)c1ccc(O)c(=O)o1. The molecule has 0 saturated carbocycles. The molecule has 0 aliphatic rings. The molecular weight excluding hydrogens is 150 g/mol. The molecule has 11 heavy (non-hydrogen) atoms. The van der Waals surface area contributed by atoms with Gasteiger partial charge in [0.1, 0.15) is 0 Å². The van der Waals surface area contributed by atoms with Crippen LogP contribution in [0.3, 0.4) is 0 Å². The smallest absolute Gasteiger partial charge is 0.378 e. The van der Waals surface area contributed by atoms with Gasteiger partial charge in [-0.1, -0.05) is 0 Å². The zero-order valence-electron chi connectivity index (χ0n) is 5.40. The molecule has 1 amide bonds. The predicted octanol–water partition coefficient (Wildman–Crippen LogP) is -0.556. The highest BCUT2D eigenvalue weighted by molar-refractivity contribution is 5.89. The number of amides is 1. The number of hydrogen-bond acceptors (Lipinski definition) is 4. The van der Waals surface area contributed by atoms with E-state index in [4.69, 9.17) is 10.8 Å². The van der Waals surface area contributed by atoms with E-state index in [2.05, 4.69) is 4.42 Å². The summed E-state index contributed by atoms with van der Waals surface area (Å²) in [5.74, 6) is -1.66. The first-order valence-electron chi connectivity index (χ1n) is 2.74. The molecule has 0 fully saturated rings. The Labute approximate surface area is 61.1 Å². The van der Waals surface area contributed by atoms with Crippen LogP contribution in [0.1, 0.15) is 10.6 Å². The normalized spacial score (nSPS) is 9.45. The van der Waals surface area contributed by atoms with Gasteiger partial charge < -0.3 is 15.3 Å². The van der Waals surface area contributed by atoms with Gasteiger partial charge in [0, 0.05) is 0 Å². The van der Waals surface area contributed by atoms with Crippen LogP contribution >= 0.6 is 0 Å². The fourth-order valence-electron chi connectivity index (χ4n) is 0.541. The molecule has 1 heterocycles. The third-order valence-corrected chi connectivity index (χ3v) is 1.05. The second-order valence-electron chi connectivity index (χ2n) is 1.84. The summed E-state index contributed by atoms with van der Waals surface area (Å²) in [6, 6.07) is 2.17. The van der Waals surface area contributed by atoms with Gasteiger partial charge in [-0.2, -0.15) is 0 Å². The number of carbonyl (C=O) groups excluding carboxylic acids is 1. The van der Waals surface area contributed by atoms with Crippen molar-refractivity contribution in [2.24, 2.45) is 5.73 Å². The minimum Gasteiger partial charge on any atom is -0.502 e. The van der Waals surface area contributed by atoms with E-state index in [1.807, 2.05) is 0 Å². The van der Waals surface area contributed by atoms with E-state index in [1.165, 1.54) is 0 Å². The summed E-state index contributed by atoms with van der Waals surface area (Å²) in [5, 5.41) is 8.67. The van der Waals surface area contributed by atoms with E-state index in [-0.39, 0.29) is 5.76 Å². The molecule has 3 N–H and O–H groups in total. The number of hydrogen-bond donors (Lipinski definition) is 2. The van der Waals surface area contributed by atoms with Gasteiger partial charge in [0.05, 0.1) is 0 Å². The Morgan fingerprint density at radius 2 is 2.18 bits per heavy atom. The number of primary amides is 1. The molecule has 0 radical (unpaired) electrons. The van der Waals surface area contributed by atoms with E-state index in [0.717, 1.165) is 12.1 Å². The maximum atomic E-state index is 10.5. The molecule has 0 atom stereocenters. The Bertz CT molecular complexity index is 341. The lowest BCUT2D eigenvalue weighted by Gasteiger charge is -1.91. The summed E-state index contributed by atoms with van der Waals surface area (Å²) >= 11 is 0. The van der Waals surface area contributed by atoms with Crippen molar-refractivity contribution in [3.63, 3.8) is 0 Å². The van der Waals surface area contributed by atoms with Gasteiger partial charge in [0.2, 0.25) is 5.75 Å². The Morgan fingerprint density at radius 1 is 1.55 bits per heavy atom. The zero-order chi connectivity index (χ0) is 8.43. The van der Waals surface area contributed by atoms with Crippen LogP contribution in [0, 0.1) is 0 Å². The maximum Gasteiger partial charge on any atom is 0.378 e. The minimum absolute atomic E-state index is 0.271. The summed E-state index contributed by atoms with van der Waals surface area (Å²) < 4.78 is 4.29. The summed E-state index contributed by atoms with van der Waals surface area (Å²) in [4.78, 5) is 20.9. The van der Waals surface area contributed by atoms with Crippen molar-refractivity contribution >= 4 is 5.91 Å². The van der Waals surface area contributed by atoms with Crippen molar-refractivity contribution in [2.75, 3.05) is 0 Å². The average Bonchev–Trinajstić information content (AvgIpc) is 1.94. The van der Waals surface area contributed by atoms with Crippen molar-refractivity contribution in [3.05, 3.63) is 28.3 Å². The molecule has 0 spiro atoms. The van der Waals surface area contributed by atoms with E-state index in [0.29, 0.717) is 0 Å². The van der Waals surface area contributed by atoms with Gasteiger partial charge in [0.15, 0.2) is 5.76 Å². The summed E-state index contributed by atoms with van der Waals surface area (Å²) in [6.07, 6.45) is 0. The Hall–Kier alpha value is -1.78. The Balaban J connectivity index is 3.26. The molecular formula is C6H5NO4. The molecule has 0 aromatic carbocycles. The summed E-state index contributed by atoms with van der Waals surface area (Å²) in [7, 11) is 0. The van der Waals surface area contributed by atoms with Crippen LogP contribution in [0.25, 0.3) is 0 Å². The van der Waals surface area contributed by atoms with Crippen molar-refractivity contribution in [3.8, 4) is 5.75 Å². The minimum atomic E-state index is -0.971. The molecule has 1 aromatic heterocycles. The average molecular weight is 155 g/mol. The number of rotatable bonds is 1. The van der Waals surface area contributed by atoms with Gasteiger partial charge >= 0.3 is 5.63 Å². The first-order chi connectivity index (χ1) is 5.11. The highest BCUT2D eigenvalue weighted by atomic mass is 16.4. The quantitative estimate of drug-likeness (QED) is 0.568. The van der Waals surface area contributed by atoms with Crippen LogP contribution < -0.4 is 11.4 Å². The first-order valence-corrected chi connectivity index (χ1v) is 2.74. The molecule has 0 aliphatic heterocycles. The standard InChI is InChI=1S/C6H5NO4/c7-5(9)4-2-1-3(8)6(10)11-4/h1-2,8H,(H2,7,9). The van der Waals surface area contributed by atoms with E-state index in [1.54, 1.807) is 0 Å². The molecule has 5 heteroatoms. The lowest BCUT2D eigenvalue weighted by molar-refractivity contribution is 0.0969. The largest absolute Gasteiger partial charge is 0.502 e. The monoisotopic (exact) mass is 155 g/mol. The van der Waals surface area contributed by atoms with E-state index >= 15 is 0 Å². The number of nitrogens with two attached hydrogens (primary N) is 1. The molecule has 0 unspecified atom stereocenters. The molecule has 58 valence electrons. The fourth-order valence-corrected chi connectivity index (χ4v) is 0.541. The molecule has 0 aliphatic carbocycles. The van der Waals surface area contributed by atoms with Gasteiger partial charge in [-0.3, -0.25) is 4.79 Å². The van der Waals surface area contributed by atoms with Gasteiger partial charge in [-0.05, 0) is 12.1 Å². The molecule has 1 rings (SSSR count). The van der Waals surface area contributed by atoms with Crippen LogP contribution in [-0.4, -0.2) is 11.0 Å².